The number of carbonyl (C=O) groups excluding carboxylic acids is 1. The van der Waals surface area contributed by atoms with Gasteiger partial charge < -0.3 is 33.6 Å². The minimum Gasteiger partial charge on any atom is -0.756 e. The lowest BCUT2D eigenvalue weighted by atomic mass is 10.1. The van der Waals surface area contributed by atoms with Gasteiger partial charge in [-0.25, -0.2) is 0 Å². The zero-order valence-electron chi connectivity index (χ0n) is 31.8. The monoisotopic (exact) mass is 713 g/mol. The van der Waals surface area contributed by atoms with E-state index < -0.39 is 26.6 Å². The number of ether oxygens (including phenoxy) is 1. The van der Waals surface area contributed by atoms with Crippen molar-refractivity contribution < 1.29 is 37.6 Å². The fourth-order valence-corrected chi connectivity index (χ4v) is 6.19. The number of quaternary nitrogens is 1. The molecule has 1 heterocycles. The van der Waals surface area contributed by atoms with Crippen molar-refractivity contribution in [1.29, 1.82) is 0 Å². The number of aliphatic hydroxyl groups excluding tert-OH is 1. The van der Waals surface area contributed by atoms with Crippen LogP contribution in [0, 0.1) is 0 Å². The molecule has 10 heteroatoms. The van der Waals surface area contributed by atoms with Crippen molar-refractivity contribution in [2.45, 2.75) is 167 Å². The number of amides is 1. The van der Waals surface area contributed by atoms with E-state index in [-0.39, 0.29) is 12.5 Å². The first-order chi connectivity index (χ1) is 23.5. The van der Waals surface area contributed by atoms with Gasteiger partial charge in [0.05, 0.1) is 52.1 Å². The van der Waals surface area contributed by atoms with E-state index in [0.717, 1.165) is 64.2 Å². The van der Waals surface area contributed by atoms with Gasteiger partial charge in [0, 0.05) is 6.42 Å². The molecule has 1 amide bonds. The second-order valence-corrected chi connectivity index (χ2v) is 16.1. The van der Waals surface area contributed by atoms with Crippen molar-refractivity contribution in [3.63, 3.8) is 0 Å². The van der Waals surface area contributed by atoms with E-state index in [9.17, 15) is 19.4 Å². The van der Waals surface area contributed by atoms with Crippen LogP contribution in [0.25, 0.3) is 0 Å². The predicted octanol–water partition coefficient (Wildman–Crippen LogP) is 8.32. The third-order valence-corrected chi connectivity index (χ3v) is 9.71. The van der Waals surface area contributed by atoms with Gasteiger partial charge in [0.1, 0.15) is 13.2 Å². The average molecular weight is 713 g/mol. The molecule has 5 atom stereocenters. The summed E-state index contributed by atoms with van der Waals surface area (Å²) in [4.78, 5) is 25.2. The second kappa shape index (κ2) is 28.3. The minimum absolute atomic E-state index is 0.0126. The van der Waals surface area contributed by atoms with Gasteiger partial charge in [-0.15, -0.1) is 0 Å². The molecule has 0 radical (unpaired) electrons. The van der Waals surface area contributed by atoms with Gasteiger partial charge >= 0.3 is 0 Å². The number of allylic oxidation sites excluding steroid dienone is 4. The Labute approximate surface area is 300 Å². The van der Waals surface area contributed by atoms with Crippen molar-refractivity contribution in [2.24, 2.45) is 0 Å². The Kier molecular flexibility index (Phi) is 26.4. The summed E-state index contributed by atoms with van der Waals surface area (Å²) in [6.45, 7) is 4.52. The third kappa shape index (κ3) is 28.0. The molecule has 9 nitrogen and oxygen atoms in total. The SMILES string of the molecule is CCCCCCC/C=C\CC/C=C/[C@@H](O)[C@H](COP(=O)([O-])OCC[N+](C)(C)C)NC(=O)CCCCCCC/C=C\CC1OC1CCCCC. The molecule has 49 heavy (non-hydrogen) atoms. The number of likely N-dealkylation sites (N-methyl/N-ethyl adjacent to an activating group) is 1. The molecule has 1 rings (SSSR count). The topological polar surface area (TPSA) is 120 Å². The van der Waals surface area contributed by atoms with Gasteiger partial charge in [0.25, 0.3) is 7.82 Å². The molecule has 0 bridgehead atoms. The van der Waals surface area contributed by atoms with Crippen LogP contribution in [0.1, 0.15) is 142 Å². The highest BCUT2D eigenvalue weighted by Gasteiger charge is 2.36. The molecule has 0 aromatic rings. The molecule has 1 fully saturated rings. The number of carbonyl (C=O) groups is 1. The Morgan fingerprint density at radius 3 is 2.10 bits per heavy atom. The van der Waals surface area contributed by atoms with Gasteiger partial charge in [-0.05, 0) is 57.8 Å². The van der Waals surface area contributed by atoms with Crippen LogP contribution >= 0.6 is 7.82 Å². The molecule has 1 aliphatic heterocycles. The maximum atomic E-state index is 12.8. The summed E-state index contributed by atoms with van der Waals surface area (Å²) < 4.78 is 28.8. The maximum Gasteiger partial charge on any atom is 0.268 e. The van der Waals surface area contributed by atoms with E-state index >= 15 is 0 Å². The number of phosphoric ester groups is 1. The van der Waals surface area contributed by atoms with Crippen LogP contribution in [0.4, 0.5) is 0 Å². The average Bonchev–Trinajstić information content (AvgIpc) is 3.79. The zero-order valence-corrected chi connectivity index (χ0v) is 32.7. The summed E-state index contributed by atoms with van der Waals surface area (Å²) in [5.74, 6) is -0.229. The van der Waals surface area contributed by atoms with Crippen molar-refractivity contribution in [3.05, 3.63) is 36.5 Å². The van der Waals surface area contributed by atoms with Crippen molar-refractivity contribution in [3.8, 4) is 0 Å². The van der Waals surface area contributed by atoms with E-state index in [2.05, 4.69) is 43.5 Å². The molecule has 286 valence electrons. The lowest BCUT2D eigenvalue weighted by Crippen LogP contribution is -2.45. The summed E-state index contributed by atoms with van der Waals surface area (Å²) in [6.07, 6.45) is 33.6. The highest BCUT2D eigenvalue weighted by atomic mass is 31.2. The molecule has 0 spiro atoms. The maximum absolute atomic E-state index is 12.8. The molecule has 2 N–H and O–H groups in total. The molecule has 3 unspecified atom stereocenters. The Hall–Kier alpha value is -1.32. The molecular weight excluding hydrogens is 639 g/mol. The summed E-state index contributed by atoms with van der Waals surface area (Å²) in [7, 11) is 1.22. The van der Waals surface area contributed by atoms with Gasteiger partial charge in [-0.1, -0.05) is 115 Å². The zero-order chi connectivity index (χ0) is 36.2. The molecular formula is C39H73N2O7P. The summed E-state index contributed by atoms with van der Waals surface area (Å²) >= 11 is 0. The van der Waals surface area contributed by atoms with Gasteiger partial charge in [-0.3, -0.25) is 9.36 Å². The quantitative estimate of drug-likeness (QED) is 0.0231. The highest BCUT2D eigenvalue weighted by Crippen LogP contribution is 2.38. The molecule has 0 aromatic carbocycles. The summed E-state index contributed by atoms with van der Waals surface area (Å²) in [5.41, 5.74) is 0. The number of nitrogens with one attached hydrogen (secondary N) is 1. The van der Waals surface area contributed by atoms with Crippen LogP contribution < -0.4 is 10.2 Å². The van der Waals surface area contributed by atoms with Crippen LogP contribution in [0.3, 0.4) is 0 Å². The van der Waals surface area contributed by atoms with E-state index in [1.54, 1.807) is 6.08 Å². The van der Waals surface area contributed by atoms with E-state index in [4.69, 9.17) is 13.8 Å². The van der Waals surface area contributed by atoms with E-state index in [1.807, 2.05) is 27.2 Å². The Balaban J connectivity index is 2.39. The minimum atomic E-state index is -4.59. The van der Waals surface area contributed by atoms with E-state index in [0.29, 0.717) is 29.7 Å². The molecule has 0 aromatic heterocycles. The smallest absolute Gasteiger partial charge is 0.268 e. The summed E-state index contributed by atoms with van der Waals surface area (Å²) in [6, 6.07) is -0.911. The number of hydrogen-bond donors (Lipinski definition) is 2. The molecule has 1 aliphatic rings. The van der Waals surface area contributed by atoms with Crippen molar-refractivity contribution >= 4 is 13.7 Å². The number of phosphoric acid groups is 1. The van der Waals surface area contributed by atoms with Gasteiger partial charge in [0.2, 0.25) is 5.91 Å². The normalized spacial score (nSPS) is 19.2. The number of hydrogen-bond acceptors (Lipinski definition) is 7. The fraction of sp³-hybridized carbons (Fsp3) is 0.821. The number of epoxide rings is 1. The Morgan fingerprint density at radius 2 is 1.41 bits per heavy atom. The predicted molar refractivity (Wildman–Crippen MR) is 200 cm³/mol. The van der Waals surface area contributed by atoms with Crippen LogP contribution in [0.2, 0.25) is 0 Å². The third-order valence-electron chi connectivity index (χ3n) is 8.75. The second-order valence-electron chi connectivity index (χ2n) is 14.7. The van der Waals surface area contributed by atoms with Crippen LogP contribution in [-0.2, 0) is 23.1 Å². The first kappa shape index (κ1) is 45.7. The molecule has 0 aliphatic carbocycles. The van der Waals surface area contributed by atoms with Crippen LogP contribution in [-0.4, -0.2) is 80.8 Å². The van der Waals surface area contributed by atoms with Gasteiger partial charge in [-0.2, -0.15) is 0 Å². The Bertz CT molecular complexity index is 966. The first-order valence-electron chi connectivity index (χ1n) is 19.5. The molecule has 0 saturated carbocycles. The summed E-state index contributed by atoms with van der Waals surface area (Å²) in [5, 5.41) is 13.7. The van der Waals surface area contributed by atoms with Crippen LogP contribution in [0.5, 0.6) is 0 Å². The van der Waals surface area contributed by atoms with Gasteiger partial charge in [0.15, 0.2) is 0 Å². The lowest BCUT2D eigenvalue weighted by molar-refractivity contribution is -0.870. The number of rotatable bonds is 33. The van der Waals surface area contributed by atoms with E-state index in [1.165, 1.54) is 57.8 Å². The number of nitrogens with zero attached hydrogens (tertiary/aromatic N) is 1. The largest absolute Gasteiger partial charge is 0.756 e. The number of unbranched alkanes of at least 4 members (excludes halogenated alkanes) is 13. The first-order valence-corrected chi connectivity index (χ1v) is 20.9. The number of aliphatic hydroxyl groups is 1. The lowest BCUT2D eigenvalue weighted by Gasteiger charge is -2.29. The molecule has 1 saturated heterocycles. The van der Waals surface area contributed by atoms with Crippen molar-refractivity contribution in [2.75, 3.05) is 40.9 Å². The highest BCUT2D eigenvalue weighted by molar-refractivity contribution is 7.45. The Morgan fingerprint density at radius 1 is 0.816 bits per heavy atom. The standard InChI is InChI=1S/C39H73N2O7P/c1-6-8-10-11-12-13-14-15-18-21-25-28-36(42)35(34-47-49(44,45)46-33-32-41(3,4)5)40-39(43)31-27-23-20-17-16-19-22-26-30-38-37(48-38)29-24-9-7-2/h14-15,22,25-26,28,35-38,42H,6-13,16-21,23-24,27,29-34H2,1-5H3,(H-,40,43,44,45)/b15-14-,26-22-,28-25+/t35-,36+,37?,38?/m0/s1. The fourth-order valence-electron chi connectivity index (χ4n) is 5.47. The van der Waals surface area contributed by atoms with Crippen LogP contribution in [0.15, 0.2) is 36.5 Å². The van der Waals surface area contributed by atoms with Crippen molar-refractivity contribution in [1.82, 2.24) is 5.32 Å².